The smallest absolute Gasteiger partial charge is 0.414 e. The number of benzene rings is 1. The van der Waals surface area contributed by atoms with Gasteiger partial charge in [-0.1, -0.05) is 31.4 Å². The number of carboxylic acids is 2. The molecule has 1 rings (SSSR count). The number of phenols is 1. The number of aromatic hydroxyl groups is 1. The summed E-state index contributed by atoms with van der Waals surface area (Å²) in [5.41, 5.74) is -0.111. The topological polar surface area (TPSA) is 152 Å². The molecule has 0 aliphatic rings. The Labute approximate surface area is 149 Å². The van der Waals surface area contributed by atoms with Crippen LogP contribution in [0.15, 0.2) is 24.3 Å². The van der Waals surface area contributed by atoms with Crippen molar-refractivity contribution in [2.75, 3.05) is 6.54 Å². The molecule has 0 radical (unpaired) electrons. The molecule has 0 aliphatic heterocycles. The minimum absolute atomic E-state index is 0.00979. The third kappa shape index (κ3) is 6.08. The molecule has 0 heterocycles. The van der Waals surface area contributed by atoms with Crippen LogP contribution < -0.4 is 0 Å². The maximum absolute atomic E-state index is 12.2. The molecule has 0 aliphatic carbocycles. The highest BCUT2D eigenvalue weighted by molar-refractivity contribution is 6.04. The molecule has 0 bridgehead atoms. The van der Waals surface area contributed by atoms with Crippen molar-refractivity contribution in [2.45, 2.75) is 32.1 Å². The summed E-state index contributed by atoms with van der Waals surface area (Å²) in [4.78, 5) is 45.6. The number of aliphatic carboxylic acids is 2. The van der Waals surface area contributed by atoms with Crippen molar-refractivity contribution in [3.05, 3.63) is 29.8 Å². The Morgan fingerprint density at radius 2 is 1.46 bits per heavy atom. The molecule has 0 aromatic heterocycles. The summed E-state index contributed by atoms with van der Waals surface area (Å²) in [6.45, 7) is -0.0796. The number of carboxylic acid groups (broad SMARTS) is 3. The molecule has 142 valence electrons. The van der Waals surface area contributed by atoms with Gasteiger partial charge < -0.3 is 20.4 Å². The number of unbranched alkanes of at least 4 members (excludes halogenated alkanes) is 3. The Morgan fingerprint density at radius 3 is 2.00 bits per heavy atom. The lowest BCUT2D eigenvalue weighted by Gasteiger charge is -2.18. The number of hydrogen-bond acceptors (Lipinski definition) is 5. The molecule has 9 heteroatoms. The molecule has 9 nitrogen and oxygen atoms in total. The van der Waals surface area contributed by atoms with Crippen molar-refractivity contribution in [3.63, 3.8) is 0 Å². The summed E-state index contributed by atoms with van der Waals surface area (Å²) < 4.78 is 0. The average Bonchev–Trinajstić information content (AvgIpc) is 2.56. The monoisotopic (exact) mass is 367 g/mol. The minimum Gasteiger partial charge on any atom is -0.507 e. The Bertz CT molecular complexity index is 658. The van der Waals surface area contributed by atoms with E-state index in [0.717, 1.165) is 0 Å². The van der Waals surface area contributed by atoms with Crippen LogP contribution in [0.1, 0.15) is 42.5 Å². The third-order valence-corrected chi connectivity index (χ3v) is 3.83. The van der Waals surface area contributed by atoms with E-state index in [1.54, 1.807) is 0 Å². The van der Waals surface area contributed by atoms with Crippen LogP contribution in [0.3, 0.4) is 0 Å². The van der Waals surface area contributed by atoms with Gasteiger partial charge in [0.1, 0.15) is 5.75 Å². The van der Waals surface area contributed by atoms with Crippen LogP contribution in [0.25, 0.3) is 0 Å². The molecular formula is C17H21NO8. The van der Waals surface area contributed by atoms with E-state index in [0.29, 0.717) is 30.6 Å². The Morgan fingerprint density at radius 1 is 0.885 bits per heavy atom. The summed E-state index contributed by atoms with van der Waals surface area (Å²) in [6, 6.07) is 5.63. The molecule has 0 fully saturated rings. The Balaban J connectivity index is 2.47. The molecule has 2 amide bonds. The van der Waals surface area contributed by atoms with E-state index in [9.17, 15) is 29.4 Å². The molecule has 0 saturated carbocycles. The number of phenolic OH excluding ortho intramolecular Hbond substituents is 1. The SMILES string of the molecule is O=C(O)C(CCCCCCN(C(=O)O)C(=O)c1ccccc1O)C(=O)O. The number of imide groups is 1. The fraction of sp³-hybridized carbons (Fsp3) is 0.412. The summed E-state index contributed by atoms with van der Waals surface area (Å²) in [5.74, 6) is -5.36. The van der Waals surface area contributed by atoms with Gasteiger partial charge in [0, 0.05) is 6.54 Å². The highest BCUT2D eigenvalue weighted by atomic mass is 16.4. The number of nitrogens with zero attached hydrogens (tertiary/aromatic N) is 1. The van der Waals surface area contributed by atoms with Gasteiger partial charge in [-0.3, -0.25) is 14.4 Å². The Kier molecular flexibility index (Phi) is 8.07. The van der Waals surface area contributed by atoms with E-state index in [4.69, 9.17) is 10.2 Å². The van der Waals surface area contributed by atoms with Gasteiger partial charge in [0.05, 0.1) is 5.56 Å². The lowest BCUT2D eigenvalue weighted by molar-refractivity contribution is -0.154. The van der Waals surface area contributed by atoms with E-state index in [-0.39, 0.29) is 24.3 Å². The first-order valence-corrected chi connectivity index (χ1v) is 8.04. The van der Waals surface area contributed by atoms with Gasteiger partial charge >= 0.3 is 18.0 Å². The van der Waals surface area contributed by atoms with Gasteiger partial charge in [0.15, 0.2) is 5.92 Å². The van der Waals surface area contributed by atoms with Gasteiger partial charge in [-0.05, 0) is 25.0 Å². The van der Waals surface area contributed by atoms with Crippen molar-refractivity contribution >= 4 is 23.9 Å². The largest absolute Gasteiger partial charge is 0.507 e. The molecule has 0 spiro atoms. The van der Waals surface area contributed by atoms with E-state index in [1.807, 2.05) is 0 Å². The van der Waals surface area contributed by atoms with E-state index in [1.165, 1.54) is 24.3 Å². The predicted octanol–water partition coefficient (Wildman–Crippen LogP) is 2.25. The van der Waals surface area contributed by atoms with Crippen LogP contribution in [-0.2, 0) is 9.59 Å². The predicted molar refractivity (Wildman–Crippen MR) is 89.0 cm³/mol. The first kappa shape index (κ1) is 20.9. The standard InChI is InChI=1S/C17H21NO8/c19-13-9-5-4-7-11(13)14(20)18(17(25)26)10-6-2-1-3-8-12(15(21)22)16(23)24/h4-5,7,9,12,19H,1-3,6,8,10H2,(H,21,22)(H,23,24)(H,25,26). The van der Waals surface area contributed by atoms with Crippen LogP contribution in [0, 0.1) is 5.92 Å². The normalized spacial score (nSPS) is 10.5. The van der Waals surface area contributed by atoms with Crippen molar-refractivity contribution < 1.29 is 39.6 Å². The van der Waals surface area contributed by atoms with Crippen molar-refractivity contribution in [1.29, 1.82) is 0 Å². The maximum Gasteiger partial charge on any atom is 0.414 e. The minimum atomic E-state index is -1.45. The highest BCUT2D eigenvalue weighted by Gasteiger charge is 2.25. The van der Waals surface area contributed by atoms with Crippen LogP contribution in [0.2, 0.25) is 0 Å². The summed E-state index contributed by atoms with van der Waals surface area (Å²) in [7, 11) is 0. The number of carbonyl (C=O) groups excluding carboxylic acids is 1. The Hall–Kier alpha value is -3.10. The second-order valence-electron chi connectivity index (χ2n) is 5.69. The first-order valence-electron chi connectivity index (χ1n) is 8.04. The molecule has 26 heavy (non-hydrogen) atoms. The fourth-order valence-corrected chi connectivity index (χ4v) is 2.41. The maximum atomic E-state index is 12.2. The third-order valence-electron chi connectivity index (χ3n) is 3.83. The molecular weight excluding hydrogens is 346 g/mol. The van der Waals surface area contributed by atoms with Crippen molar-refractivity contribution in [3.8, 4) is 5.75 Å². The van der Waals surface area contributed by atoms with Crippen molar-refractivity contribution in [1.82, 2.24) is 4.90 Å². The molecule has 4 N–H and O–H groups in total. The van der Waals surface area contributed by atoms with E-state index in [2.05, 4.69) is 0 Å². The number of amides is 2. The molecule has 1 aromatic carbocycles. The second-order valence-corrected chi connectivity index (χ2v) is 5.69. The fourth-order valence-electron chi connectivity index (χ4n) is 2.41. The number of carbonyl (C=O) groups is 4. The van der Waals surface area contributed by atoms with Crippen LogP contribution in [0.5, 0.6) is 5.75 Å². The van der Waals surface area contributed by atoms with Crippen LogP contribution in [-0.4, -0.2) is 55.8 Å². The van der Waals surface area contributed by atoms with Gasteiger partial charge in [0.25, 0.3) is 5.91 Å². The summed E-state index contributed by atoms with van der Waals surface area (Å²) in [6.07, 6.45) is 0.277. The van der Waals surface area contributed by atoms with Gasteiger partial charge in [0.2, 0.25) is 0 Å². The van der Waals surface area contributed by atoms with Gasteiger partial charge in [-0.15, -0.1) is 0 Å². The zero-order valence-corrected chi connectivity index (χ0v) is 14.0. The quantitative estimate of drug-likeness (QED) is 0.363. The summed E-state index contributed by atoms with van der Waals surface area (Å²) >= 11 is 0. The first-order chi connectivity index (χ1) is 12.3. The summed E-state index contributed by atoms with van der Waals surface area (Å²) in [5, 5.41) is 36.4. The van der Waals surface area contributed by atoms with Crippen molar-refractivity contribution in [2.24, 2.45) is 5.92 Å². The van der Waals surface area contributed by atoms with E-state index >= 15 is 0 Å². The number of hydrogen-bond donors (Lipinski definition) is 4. The molecule has 0 saturated heterocycles. The molecule has 1 aromatic rings. The van der Waals surface area contributed by atoms with Crippen LogP contribution in [0.4, 0.5) is 4.79 Å². The van der Waals surface area contributed by atoms with E-state index < -0.39 is 29.9 Å². The highest BCUT2D eigenvalue weighted by Crippen LogP contribution is 2.19. The zero-order valence-electron chi connectivity index (χ0n) is 14.0. The average molecular weight is 367 g/mol. The van der Waals surface area contributed by atoms with Crippen LogP contribution >= 0.6 is 0 Å². The molecule has 0 unspecified atom stereocenters. The number of rotatable bonds is 10. The molecule has 0 atom stereocenters. The lowest BCUT2D eigenvalue weighted by Crippen LogP contribution is -2.36. The van der Waals surface area contributed by atoms with Gasteiger partial charge in [-0.2, -0.15) is 0 Å². The second kappa shape index (κ2) is 10.0. The number of para-hydroxylation sites is 1. The lowest BCUT2D eigenvalue weighted by atomic mass is 10.0. The zero-order chi connectivity index (χ0) is 19.7. The van der Waals surface area contributed by atoms with Gasteiger partial charge in [-0.25, -0.2) is 9.69 Å².